The molecule has 0 aromatic carbocycles. The Hall–Kier alpha value is -0.410. The SMILES string of the molecule is CC(C)CNCCc1cscn1. The van der Waals surface area contributed by atoms with Crippen molar-refractivity contribution >= 4 is 11.3 Å². The summed E-state index contributed by atoms with van der Waals surface area (Å²) in [5.74, 6) is 0.737. The third kappa shape index (κ3) is 3.83. The number of thiazole rings is 1. The molecule has 3 heteroatoms. The highest BCUT2D eigenvalue weighted by molar-refractivity contribution is 7.07. The lowest BCUT2D eigenvalue weighted by molar-refractivity contribution is 0.553. The van der Waals surface area contributed by atoms with Gasteiger partial charge in [-0.15, -0.1) is 11.3 Å². The molecule has 0 amide bonds. The van der Waals surface area contributed by atoms with Crippen molar-refractivity contribution in [3.8, 4) is 0 Å². The standard InChI is InChI=1S/C9H16N2S/c1-8(2)5-10-4-3-9-6-12-7-11-9/h6-8,10H,3-5H2,1-2H3. The summed E-state index contributed by atoms with van der Waals surface area (Å²) in [6.45, 7) is 6.58. The Morgan fingerprint density at radius 2 is 2.42 bits per heavy atom. The van der Waals surface area contributed by atoms with Crippen LogP contribution >= 0.6 is 11.3 Å². The van der Waals surface area contributed by atoms with Crippen LogP contribution in [-0.4, -0.2) is 18.1 Å². The lowest BCUT2D eigenvalue weighted by Crippen LogP contribution is -2.22. The molecule has 0 unspecified atom stereocenters. The van der Waals surface area contributed by atoms with E-state index in [1.54, 1.807) is 11.3 Å². The monoisotopic (exact) mass is 184 g/mol. The Morgan fingerprint density at radius 3 is 3.00 bits per heavy atom. The first-order valence-corrected chi connectivity index (χ1v) is 5.31. The van der Waals surface area contributed by atoms with Gasteiger partial charge in [-0.05, 0) is 12.5 Å². The van der Waals surface area contributed by atoms with E-state index in [9.17, 15) is 0 Å². The Bertz CT molecular complexity index is 194. The Balaban J connectivity index is 2.04. The molecule has 0 aliphatic heterocycles. The van der Waals surface area contributed by atoms with Gasteiger partial charge in [0.1, 0.15) is 0 Å². The molecule has 1 heterocycles. The van der Waals surface area contributed by atoms with Crippen molar-refractivity contribution in [2.24, 2.45) is 5.92 Å². The molecule has 0 spiro atoms. The van der Waals surface area contributed by atoms with Crippen LogP contribution in [0.5, 0.6) is 0 Å². The first kappa shape index (κ1) is 9.68. The minimum Gasteiger partial charge on any atom is -0.316 e. The van der Waals surface area contributed by atoms with Crippen LogP contribution in [0, 0.1) is 5.92 Å². The van der Waals surface area contributed by atoms with Crippen molar-refractivity contribution in [2.45, 2.75) is 20.3 Å². The summed E-state index contributed by atoms with van der Waals surface area (Å²) in [7, 11) is 0. The highest BCUT2D eigenvalue weighted by Crippen LogP contribution is 2.00. The normalized spacial score (nSPS) is 10.9. The highest BCUT2D eigenvalue weighted by Gasteiger charge is 1.95. The number of hydrogen-bond acceptors (Lipinski definition) is 3. The van der Waals surface area contributed by atoms with Crippen molar-refractivity contribution in [2.75, 3.05) is 13.1 Å². The van der Waals surface area contributed by atoms with Crippen molar-refractivity contribution < 1.29 is 0 Å². The highest BCUT2D eigenvalue weighted by atomic mass is 32.1. The smallest absolute Gasteiger partial charge is 0.0794 e. The van der Waals surface area contributed by atoms with Gasteiger partial charge in [-0.3, -0.25) is 0 Å². The molecule has 1 rings (SSSR count). The maximum absolute atomic E-state index is 4.21. The predicted molar refractivity (Wildman–Crippen MR) is 53.5 cm³/mol. The molecule has 0 saturated carbocycles. The van der Waals surface area contributed by atoms with Gasteiger partial charge in [-0.1, -0.05) is 13.8 Å². The molecular formula is C9H16N2S. The molecule has 0 atom stereocenters. The zero-order valence-electron chi connectivity index (χ0n) is 7.71. The molecule has 2 nitrogen and oxygen atoms in total. The maximum atomic E-state index is 4.21. The van der Waals surface area contributed by atoms with Gasteiger partial charge in [-0.25, -0.2) is 4.98 Å². The molecule has 0 aliphatic carbocycles. The number of nitrogens with zero attached hydrogens (tertiary/aromatic N) is 1. The number of aromatic nitrogens is 1. The molecular weight excluding hydrogens is 168 g/mol. The summed E-state index contributed by atoms with van der Waals surface area (Å²) in [6.07, 6.45) is 1.05. The quantitative estimate of drug-likeness (QED) is 0.707. The average molecular weight is 184 g/mol. The summed E-state index contributed by atoms with van der Waals surface area (Å²) in [5.41, 5.74) is 3.09. The zero-order valence-corrected chi connectivity index (χ0v) is 8.53. The van der Waals surface area contributed by atoms with Gasteiger partial charge in [0.15, 0.2) is 0 Å². The average Bonchev–Trinajstić information content (AvgIpc) is 2.49. The van der Waals surface area contributed by atoms with Crippen LogP contribution in [0.2, 0.25) is 0 Å². The lowest BCUT2D eigenvalue weighted by atomic mass is 10.2. The van der Waals surface area contributed by atoms with Crippen molar-refractivity contribution in [3.05, 3.63) is 16.6 Å². The molecule has 0 saturated heterocycles. The number of nitrogens with one attached hydrogen (secondary N) is 1. The third-order valence-corrected chi connectivity index (χ3v) is 2.23. The van der Waals surface area contributed by atoms with Crippen LogP contribution in [0.15, 0.2) is 10.9 Å². The minimum absolute atomic E-state index is 0.737. The predicted octanol–water partition coefficient (Wildman–Crippen LogP) is 1.93. The van der Waals surface area contributed by atoms with Gasteiger partial charge in [0, 0.05) is 18.3 Å². The fourth-order valence-corrected chi connectivity index (χ4v) is 1.56. The minimum atomic E-state index is 0.737. The second kappa shape index (κ2) is 5.27. The van der Waals surface area contributed by atoms with E-state index in [2.05, 4.69) is 29.5 Å². The van der Waals surface area contributed by atoms with E-state index in [1.807, 2.05) is 5.51 Å². The van der Waals surface area contributed by atoms with Crippen LogP contribution in [0.3, 0.4) is 0 Å². The third-order valence-electron chi connectivity index (χ3n) is 1.59. The van der Waals surface area contributed by atoms with E-state index in [0.29, 0.717) is 0 Å². The topological polar surface area (TPSA) is 24.9 Å². The van der Waals surface area contributed by atoms with Gasteiger partial charge in [-0.2, -0.15) is 0 Å². The summed E-state index contributed by atoms with van der Waals surface area (Å²) in [4.78, 5) is 4.21. The van der Waals surface area contributed by atoms with E-state index in [4.69, 9.17) is 0 Å². The molecule has 1 aromatic rings. The van der Waals surface area contributed by atoms with E-state index in [0.717, 1.165) is 25.4 Å². The first-order valence-electron chi connectivity index (χ1n) is 4.37. The maximum Gasteiger partial charge on any atom is 0.0794 e. The molecule has 0 fully saturated rings. The Morgan fingerprint density at radius 1 is 1.58 bits per heavy atom. The van der Waals surface area contributed by atoms with Gasteiger partial charge >= 0.3 is 0 Å². The lowest BCUT2D eigenvalue weighted by Gasteiger charge is -2.05. The molecule has 12 heavy (non-hydrogen) atoms. The number of rotatable bonds is 5. The van der Waals surface area contributed by atoms with Crippen molar-refractivity contribution in [1.29, 1.82) is 0 Å². The zero-order chi connectivity index (χ0) is 8.81. The molecule has 0 aliphatic rings. The van der Waals surface area contributed by atoms with E-state index < -0.39 is 0 Å². The van der Waals surface area contributed by atoms with Crippen molar-refractivity contribution in [3.63, 3.8) is 0 Å². The molecule has 68 valence electrons. The van der Waals surface area contributed by atoms with Gasteiger partial charge in [0.2, 0.25) is 0 Å². The van der Waals surface area contributed by atoms with Crippen LogP contribution < -0.4 is 5.32 Å². The van der Waals surface area contributed by atoms with Crippen molar-refractivity contribution in [1.82, 2.24) is 10.3 Å². The summed E-state index contributed by atoms with van der Waals surface area (Å²) in [6, 6.07) is 0. The Labute approximate surface area is 78.0 Å². The summed E-state index contributed by atoms with van der Waals surface area (Å²) >= 11 is 1.67. The molecule has 1 N–H and O–H groups in total. The van der Waals surface area contributed by atoms with Crippen LogP contribution in [0.25, 0.3) is 0 Å². The molecule has 1 aromatic heterocycles. The second-order valence-electron chi connectivity index (χ2n) is 3.33. The van der Waals surface area contributed by atoms with Crippen LogP contribution in [0.1, 0.15) is 19.5 Å². The van der Waals surface area contributed by atoms with Gasteiger partial charge in [0.05, 0.1) is 11.2 Å². The summed E-state index contributed by atoms with van der Waals surface area (Å²) in [5, 5.41) is 5.50. The van der Waals surface area contributed by atoms with E-state index in [1.165, 1.54) is 5.69 Å². The Kier molecular flexibility index (Phi) is 4.25. The fourth-order valence-electron chi connectivity index (χ4n) is 0.968. The van der Waals surface area contributed by atoms with E-state index in [-0.39, 0.29) is 0 Å². The largest absolute Gasteiger partial charge is 0.316 e. The van der Waals surface area contributed by atoms with E-state index >= 15 is 0 Å². The fraction of sp³-hybridized carbons (Fsp3) is 0.667. The second-order valence-corrected chi connectivity index (χ2v) is 4.05. The van der Waals surface area contributed by atoms with Crippen LogP contribution in [-0.2, 0) is 6.42 Å². The number of hydrogen-bond donors (Lipinski definition) is 1. The van der Waals surface area contributed by atoms with Crippen LogP contribution in [0.4, 0.5) is 0 Å². The molecule has 0 bridgehead atoms. The first-order chi connectivity index (χ1) is 5.79. The van der Waals surface area contributed by atoms with Gasteiger partial charge < -0.3 is 5.32 Å². The molecule has 0 radical (unpaired) electrons. The summed E-state index contributed by atoms with van der Waals surface area (Å²) < 4.78 is 0. The van der Waals surface area contributed by atoms with Gasteiger partial charge in [0.25, 0.3) is 0 Å².